The highest BCUT2D eigenvalue weighted by atomic mass is 16.5. The first-order valence-electron chi connectivity index (χ1n) is 8.56. The maximum Gasteiger partial charge on any atom is 0.224 e. The molecule has 1 heterocycles. The van der Waals surface area contributed by atoms with E-state index in [0.717, 1.165) is 17.0 Å². The number of hydrogen-bond donors (Lipinski definition) is 1. The van der Waals surface area contributed by atoms with E-state index in [9.17, 15) is 9.90 Å². The van der Waals surface area contributed by atoms with Crippen LogP contribution in [0.2, 0.25) is 0 Å². The molecule has 0 radical (unpaired) electrons. The number of nitrogens with zero attached hydrogens (tertiary/aromatic N) is 2. The summed E-state index contributed by atoms with van der Waals surface area (Å²) in [7, 11) is 1.83. The molecule has 1 unspecified atom stereocenters. The van der Waals surface area contributed by atoms with E-state index in [1.807, 2.05) is 61.6 Å². The van der Waals surface area contributed by atoms with Gasteiger partial charge in [0.15, 0.2) is 0 Å². The van der Waals surface area contributed by atoms with E-state index in [1.165, 1.54) is 0 Å². The van der Waals surface area contributed by atoms with E-state index in [-0.39, 0.29) is 12.5 Å². The van der Waals surface area contributed by atoms with Crippen molar-refractivity contribution in [3.63, 3.8) is 0 Å². The standard InChI is InChI=1S/C20H24N2O3/c1-21-13-16-7-5-6-10-19(16)22(12-11-20(21)24)14-17(23)15-25-18-8-3-2-4-9-18/h2-10,17,23H,11-15H2,1H3. The van der Waals surface area contributed by atoms with Gasteiger partial charge in [0, 0.05) is 38.8 Å². The molecule has 0 aromatic heterocycles. The average molecular weight is 340 g/mol. The third-order valence-electron chi connectivity index (χ3n) is 4.38. The number of amides is 1. The minimum absolute atomic E-state index is 0.120. The van der Waals surface area contributed by atoms with E-state index < -0.39 is 6.10 Å². The van der Waals surface area contributed by atoms with Crippen LogP contribution in [0.1, 0.15) is 12.0 Å². The van der Waals surface area contributed by atoms with Crippen LogP contribution >= 0.6 is 0 Å². The lowest BCUT2D eigenvalue weighted by atomic mass is 10.1. The lowest BCUT2D eigenvalue weighted by molar-refractivity contribution is -0.130. The van der Waals surface area contributed by atoms with Crippen molar-refractivity contribution in [3.05, 3.63) is 60.2 Å². The number of β-amino-alcohol motifs (C(OH)–C–C–N with tert-alkyl or cyclic N) is 1. The van der Waals surface area contributed by atoms with Crippen molar-refractivity contribution in [2.24, 2.45) is 0 Å². The summed E-state index contributed by atoms with van der Waals surface area (Å²) >= 11 is 0. The molecule has 0 bridgehead atoms. The Morgan fingerprint density at radius 1 is 1.12 bits per heavy atom. The topological polar surface area (TPSA) is 53.0 Å². The minimum atomic E-state index is -0.638. The SMILES string of the molecule is CN1Cc2ccccc2N(CC(O)COc2ccccc2)CCC1=O. The maximum atomic E-state index is 12.1. The number of aliphatic hydroxyl groups is 1. The highest BCUT2D eigenvalue weighted by Gasteiger charge is 2.22. The molecule has 0 aliphatic carbocycles. The molecule has 25 heavy (non-hydrogen) atoms. The Morgan fingerprint density at radius 3 is 2.64 bits per heavy atom. The predicted octanol–water partition coefficient (Wildman–Crippen LogP) is 2.29. The number of anilines is 1. The van der Waals surface area contributed by atoms with Gasteiger partial charge in [0.05, 0.1) is 0 Å². The summed E-state index contributed by atoms with van der Waals surface area (Å²) < 4.78 is 5.64. The molecule has 0 saturated heterocycles. The van der Waals surface area contributed by atoms with Crippen molar-refractivity contribution >= 4 is 11.6 Å². The van der Waals surface area contributed by atoms with Gasteiger partial charge in [0.25, 0.3) is 0 Å². The third kappa shape index (κ3) is 4.51. The summed E-state index contributed by atoms with van der Waals surface area (Å²) in [4.78, 5) is 16.0. The zero-order valence-electron chi connectivity index (χ0n) is 14.5. The summed E-state index contributed by atoms with van der Waals surface area (Å²) in [5.74, 6) is 0.862. The molecule has 5 nitrogen and oxygen atoms in total. The van der Waals surface area contributed by atoms with Gasteiger partial charge in [-0.15, -0.1) is 0 Å². The Hall–Kier alpha value is -2.53. The molecule has 132 valence electrons. The molecule has 2 aromatic rings. The highest BCUT2D eigenvalue weighted by molar-refractivity contribution is 5.77. The first-order valence-corrected chi connectivity index (χ1v) is 8.56. The molecular formula is C20H24N2O3. The van der Waals surface area contributed by atoms with Gasteiger partial charge in [0.1, 0.15) is 18.5 Å². The number of carbonyl (C=O) groups is 1. The van der Waals surface area contributed by atoms with E-state index in [0.29, 0.717) is 26.1 Å². The number of carbonyl (C=O) groups excluding carboxylic acids is 1. The molecule has 1 N–H and O–H groups in total. The molecule has 3 rings (SSSR count). The zero-order valence-corrected chi connectivity index (χ0v) is 14.5. The molecule has 1 atom stereocenters. The van der Waals surface area contributed by atoms with Crippen LogP contribution in [0.15, 0.2) is 54.6 Å². The van der Waals surface area contributed by atoms with Crippen LogP contribution in [0.25, 0.3) is 0 Å². The van der Waals surface area contributed by atoms with Gasteiger partial charge >= 0.3 is 0 Å². The van der Waals surface area contributed by atoms with Gasteiger partial charge in [-0.25, -0.2) is 0 Å². The normalized spacial score (nSPS) is 16.0. The average Bonchev–Trinajstić information content (AvgIpc) is 2.63. The summed E-state index contributed by atoms with van der Waals surface area (Å²) in [6.45, 7) is 1.82. The monoisotopic (exact) mass is 340 g/mol. The Bertz CT molecular complexity index is 705. The summed E-state index contributed by atoms with van der Waals surface area (Å²) in [6, 6.07) is 17.5. The summed E-state index contributed by atoms with van der Waals surface area (Å²) in [6.07, 6.45) is -0.197. The van der Waals surface area contributed by atoms with Crippen molar-refractivity contribution in [1.29, 1.82) is 0 Å². The van der Waals surface area contributed by atoms with Gasteiger partial charge in [-0.2, -0.15) is 0 Å². The molecule has 1 aliphatic rings. The number of para-hydroxylation sites is 2. The fourth-order valence-corrected chi connectivity index (χ4v) is 3.04. The lowest BCUT2D eigenvalue weighted by Crippen LogP contribution is -2.41. The fourth-order valence-electron chi connectivity index (χ4n) is 3.04. The maximum absolute atomic E-state index is 12.1. The van der Waals surface area contributed by atoms with Crippen molar-refractivity contribution in [2.45, 2.75) is 19.1 Å². The van der Waals surface area contributed by atoms with Crippen LogP contribution in [-0.2, 0) is 11.3 Å². The van der Waals surface area contributed by atoms with E-state index in [1.54, 1.807) is 4.90 Å². The number of aliphatic hydroxyl groups excluding tert-OH is 1. The Balaban J connectivity index is 1.68. The number of hydrogen-bond acceptors (Lipinski definition) is 4. The second-order valence-corrected chi connectivity index (χ2v) is 6.35. The molecular weight excluding hydrogens is 316 g/mol. The Kier molecular flexibility index (Phi) is 5.56. The van der Waals surface area contributed by atoms with Crippen LogP contribution in [0.5, 0.6) is 5.75 Å². The molecule has 1 aliphatic heterocycles. The fraction of sp³-hybridized carbons (Fsp3) is 0.350. The van der Waals surface area contributed by atoms with Gasteiger partial charge in [0.2, 0.25) is 5.91 Å². The smallest absolute Gasteiger partial charge is 0.224 e. The van der Waals surface area contributed by atoms with Crippen molar-refractivity contribution in [1.82, 2.24) is 4.90 Å². The first-order chi connectivity index (χ1) is 12.1. The van der Waals surface area contributed by atoms with Crippen molar-refractivity contribution < 1.29 is 14.6 Å². The van der Waals surface area contributed by atoms with Crippen LogP contribution in [0.3, 0.4) is 0 Å². The lowest BCUT2D eigenvalue weighted by Gasteiger charge is -2.33. The molecule has 0 spiro atoms. The third-order valence-corrected chi connectivity index (χ3v) is 4.38. The van der Waals surface area contributed by atoms with Crippen molar-refractivity contribution in [3.8, 4) is 5.75 Å². The quantitative estimate of drug-likeness (QED) is 0.907. The number of fused-ring (bicyclic) bond motifs is 1. The van der Waals surface area contributed by atoms with Crippen molar-refractivity contribution in [2.75, 3.05) is 31.6 Å². The van der Waals surface area contributed by atoms with Crippen LogP contribution < -0.4 is 9.64 Å². The Labute approximate surface area is 148 Å². The predicted molar refractivity (Wildman–Crippen MR) is 97.7 cm³/mol. The minimum Gasteiger partial charge on any atom is -0.491 e. The molecule has 5 heteroatoms. The zero-order chi connectivity index (χ0) is 17.6. The van der Waals surface area contributed by atoms with E-state index >= 15 is 0 Å². The number of ether oxygens (including phenoxy) is 1. The molecule has 0 fully saturated rings. The van der Waals surface area contributed by atoms with Gasteiger partial charge in [-0.1, -0.05) is 36.4 Å². The van der Waals surface area contributed by atoms with Gasteiger partial charge < -0.3 is 19.6 Å². The second-order valence-electron chi connectivity index (χ2n) is 6.35. The number of benzene rings is 2. The number of rotatable bonds is 5. The summed E-state index contributed by atoms with van der Waals surface area (Å²) in [5.41, 5.74) is 2.16. The van der Waals surface area contributed by atoms with Crippen LogP contribution in [0, 0.1) is 0 Å². The van der Waals surface area contributed by atoms with Crippen LogP contribution in [-0.4, -0.2) is 48.8 Å². The largest absolute Gasteiger partial charge is 0.491 e. The second kappa shape index (κ2) is 8.03. The highest BCUT2D eigenvalue weighted by Crippen LogP contribution is 2.24. The molecule has 0 saturated carbocycles. The van der Waals surface area contributed by atoms with Gasteiger partial charge in [-0.3, -0.25) is 4.79 Å². The van der Waals surface area contributed by atoms with Gasteiger partial charge in [-0.05, 0) is 23.8 Å². The molecule has 2 aromatic carbocycles. The molecule has 1 amide bonds. The first kappa shape index (κ1) is 17.3. The summed E-state index contributed by atoms with van der Waals surface area (Å²) in [5, 5.41) is 10.4. The van der Waals surface area contributed by atoms with E-state index in [2.05, 4.69) is 4.90 Å². The van der Waals surface area contributed by atoms with Crippen LogP contribution in [0.4, 0.5) is 5.69 Å². The Morgan fingerprint density at radius 2 is 1.84 bits per heavy atom. The van der Waals surface area contributed by atoms with E-state index in [4.69, 9.17) is 4.74 Å².